The summed E-state index contributed by atoms with van der Waals surface area (Å²) in [5.74, 6) is -0.319. The highest BCUT2D eigenvalue weighted by molar-refractivity contribution is 6.35. The molecule has 0 spiro atoms. The second-order valence-corrected chi connectivity index (χ2v) is 14.0. The quantitative estimate of drug-likeness (QED) is 0.159. The lowest BCUT2D eigenvalue weighted by molar-refractivity contribution is 0.0698. The Morgan fingerprint density at radius 3 is 2.36 bits per heavy atom. The fourth-order valence-electron chi connectivity index (χ4n) is 7.59. The summed E-state index contributed by atoms with van der Waals surface area (Å²) < 4.78 is 12.0. The summed E-state index contributed by atoms with van der Waals surface area (Å²) in [7, 11) is 3.75. The number of hydrogen-bond donors (Lipinski definition) is 1. The first-order chi connectivity index (χ1) is 23.9. The van der Waals surface area contributed by atoms with Gasteiger partial charge in [-0.15, -0.1) is 0 Å². The third-order valence-corrected chi connectivity index (χ3v) is 10.9. The molecule has 9 nitrogen and oxygen atoms in total. The number of carboxylic acid groups (broad SMARTS) is 1. The first-order valence-electron chi connectivity index (χ1n) is 16.7. The smallest absolute Gasteiger partial charge is 0.337 e. The third-order valence-electron chi connectivity index (χ3n) is 10.0. The van der Waals surface area contributed by atoms with E-state index in [0.29, 0.717) is 55.1 Å². The van der Waals surface area contributed by atoms with Gasteiger partial charge in [-0.2, -0.15) is 5.10 Å². The number of aromatic carboxylic acids is 1. The maximum atomic E-state index is 14.9. The number of nitrogens with zero attached hydrogens (tertiary/aromatic N) is 5. The van der Waals surface area contributed by atoms with Crippen LogP contribution in [-0.4, -0.2) is 49.0 Å². The van der Waals surface area contributed by atoms with Crippen LogP contribution >= 0.6 is 23.2 Å². The Labute approximate surface area is 300 Å². The van der Waals surface area contributed by atoms with E-state index in [-0.39, 0.29) is 11.5 Å². The van der Waals surface area contributed by atoms with Crippen LogP contribution in [0.5, 0.6) is 5.75 Å². The molecule has 1 amide bonds. The number of anilines is 1. The number of carbonyl (C=O) groups excluding carboxylic acids is 1. The number of hydrogen-bond acceptors (Lipinski definition) is 4. The lowest BCUT2D eigenvalue weighted by Gasteiger charge is -2.21. The molecule has 0 saturated heterocycles. The molecule has 7 rings (SSSR count). The zero-order chi connectivity index (χ0) is 35.6. The van der Waals surface area contributed by atoms with Crippen LogP contribution in [0.15, 0.2) is 48.7 Å². The third kappa shape index (κ3) is 5.53. The second-order valence-electron chi connectivity index (χ2n) is 13.3. The van der Waals surface area contributed by atoms with Gasteiger partial charge in [0, 0.05) is 71.7 Å². The molecule has 50 heavy (non-hydrogen) atoms. The average molecular weight is 713 g/mol. The summed E-state index contributed by atoms with van der Waals surface area (Å²) in [6.07, 6.45) is 3.60. The molecular formula is C39H39Cl2N5O4. The van der Waals surface area contributed by atoms with Crippen molar-refractivity contribution in [1.82, 2.24) is 18.9 Å². The second kappa shape index (κ2) is 12.9. The SMILES string of the molecule is Cc1cc(OCCCc2c3n(c4c(-c5c(C)nn(C)c5C)c(Cl)ccc24)CCCN(c2ccc4c(C(=O)O)cn(C)c4c2)C3=O)cc(C)c1Cl. The molecule has 11 heteroatoms. The zero-order valence-corrected chi connectivity index (χ0v) is 30.5. The van der Waals surface area contributed by atoms with Gasteiger partial charge in [-0.1, -0.05) is 29.3 Å². The Kier molecular flexibility index (Phi) is 8.68. The summed E-state index contributed by atoms with van der Waals surface area (Å²) in [5.41, 5.74) is 9.89. The van der Waals surface area contributed by atoms with Crippen molar-refractivity contribution in [3.63, 3.8) is 0 Å². The highest BCUT2D eigenvalue weighted by Gasteiger charge is 2.32. The Morgan fingerprint density at radius 1 is 0.960 bits per heavy atom. The Balaban J connectivity index is 1.35. The van der Waals surface area contributed by atoms with Gasteiger partial charge in [0.2, 0.25) is 0 Å². The summed E-state index contributed by atoms with van der Waals surface area (Å²) in [5, 5.41) is 17.4. The van der Waals surface area contributed by atoms with E-state index in [2.05, 4.69) is 4.57 Å². The van der Waals surface area contributed by atoms with E-state index in [9.17, 15) is 14.7 Å². The monoisotopic (exact) mass is 711 g/mol. The molecule has 0 bridgehead atoms. The van der Waals surface area contributed by atoms with E-state index < -0.39 is 5.97 Å². The zero-order valence-electron chi connectivity index (χ0n) is 29.0. The lowest BCUT2D eigenvalue weighted by atomic mass is 9.98. The number of carbonyl (C=O) groups is 2. The first kappa shape index (κ1) is 33.8. The van der Waals surface area contributed by atoms with Crippen molar-refractivity contribution in [1.29, 1.82) is 0 Å². The number of carboxylic acids is 1. The molecule has 0 fully saturated rings. The largest absolute Gasteiger partial charge is 0.494 e. The average Bonchev–Trinajstić information content (AvgIpc) is 3.62. The molecule has 4 heterocycles. The number of halogens is 2. The van der Waals surface area contributed by atoms with Crippen LogP contribution in [0, 0.1) is 27.7 Å². The molecule has 0 radical (unpaired) electrons. The molecule has 1 N–H and O–H groups in total. The number of aryl methyl sites for hydroxylation is 7. The highest BCUT2D eigenvalue weighted by Crippen LogP contribution is 2.43. The van der Waals surface area contributed by atoms with Crippen molar-refractivity contribution in [3.8, 4) is 16.9 Å². The summed E-state index contributed by atoms with van der Waals surface area (Å²) >= 11 is 13.4. The van der Waals surface area contributed by atoms with Gasteiger partial charge in [0.15, 0.2) is 0 Å². The van der Waals surface area contributed by atoms with Gasteiger partial charge in [0.25, 0.3) is 5.91 Å². The maximum absolute atomic E-state index is 14.9. The first-order valence-corrected chi connectivity index (χ1v) is 17.5. The van der Waals surface area contributed by atoms with Crippen LogP contribution in [-0.2, 0) is 27.1 Å². The van der Waals surface area contributed by atoms with Gasteiger partial charge in [-0.25, -0.2) is 4.79 Å². The topological polar surface area (TPSA) is 94.5 Å². The standard InChI is InChI=1S/C39H39Cl2N5O4/c1-21-17-26(18-22(2)35(21)41)50-16-7-9-28-29-12-13-31(40)34(33-23(3)42-44(6)24(33)4)36(29)46-15-8-14-45(38(47)37(28)46)25-10-11-27-30(39(48)49)20-43(5)32(27)19-25/h10-13,17-20H,7-9,14-16H2,1-6H3,(H,48,49). The predicted octanol–water partition coefficient (Wildman–Crippen LogP) is 8.83. The number of amides is 1. The number of aromatic nitrogens is 4. The van der Waals surface area contributed by atoms with E-state index >= 15 is 0 Å². The van der Waals surface area contributed by atoms with Crippen LogP contribution in [0.25, 0.3) is 32.9 Å². The molecular weight excluding hydrogens is 673 g/mol. The highest BCUT2D eigenvalue weighted by atomic mass is 35.5. The molecule has 0 atom stereocenters. The Morgan fingerprint density at radius 2 is 1.68 bits per heavy atom. The van der Waals surface area contributed by atoms with Gasteiger partial charge >= 0.3 is 5.97 Å². The van der Waals surface area contributed by atoms with Gasteiger partial charge < -0.3 is 23.9 Å². The molecule has 3 aromatic heterocycles. The lowest BCUT2D eigenvalue weighted by Crippen LogP contribution is -2.31. The minimum absolute atomic E-state index is 0.104. The molecule has 258 valence electrons. The van der Waals surface area contributed by atoms with Gasteiger partial charge in [-0.05, 0) is 100 Å². The van der Waals surface area contributed by atoms with Crippen molar-refractivity contribution >= 4 is 62.6 Å². The summed E-state index contributed by atoms with van der Waals surface area (Å²) in [6.45, 7) is 9.55. The summed E-state index contributed by atoms with van der Waals surface area (Å²) in [6, 6.07) is 13.4. The fourth-order valence-corrected chi connectivity index (χ4v) is 7.95. The van der Waals surface area contributed by atoms with Crippen molar-refractivity contribution in [3.05, 3.63) is 98.0 Å². The fraction of sp³-hybridized carbons (Fsp3) is 0.308. The van der Waals surface area contributed by atoms with Crippen LogP contribution in [0.2, 0.25) is 10.0 Å². The minimum atomic E-state index is -0.984. The maximum Gasteiger partial charge on any atom is 0.337 e. The molecule has 1 aliphatic heterocycles. The normalized spacial score (nSPS) is 13.4. The van der Waals surface area contributed by atoms with E-state index in [0.717, 1.165) is 72.1 Å². The van der Waals surface area contributed by atoms with Crippen LogP contribution < -0.4 is 9.64 Å². The molecule has 0 aliphatic carbocycles. The molecule has 1 aliphatic rings. The van der Waals surface area contributed by atoms with Crippen molar-refractivity contribution in [2.75, 3.05) is 18.1 Å². The van der Waals surface area contributed by atoms with E-state index in [1.807, 2.05) is 87.8 Å². The number of benzene rings is 3. The number of rotatable bonds is 8. The molecule has 0 unspecified atom stereocenters. The van der Waals surface area contributed by atoms with Crippen molar-refractivity contribution in [2.24, 2.45) is 14.1 Å². The van der Waals surface area contributed by atoms with E-state index in [1.54, 1.807) is 16.8 Å². The minimum Gasteiger partial charge on any atom is -0.494 e. The van der Waals surface area contributed by atoms with E-state index in [1.165, 1.54) is 0 Å². The van der Waals surface area contributed by atoms with Crippen molar-refractivity contribution < 1.29 is 19.4 Å². The van der Waals surface area contributed by atoms with Gasteiger partial charge in [-0.3, -0.25) is 9.48 Å². The van der Waals surface area contributed by atoms with Crippen molar-refractivity contribution in [2.45, 2.75) is 53.5 Å². The molecule has 3 aromatic carbocycles. The number of fused-ring (bicyclic) bond motifs is 4. The molecule has 6 aromatic rings. The predicted molar refractivity (Wildman–Crippen MR) is 200 cm³/mol. The molecule has 0 saturated carbocycles. The Bertz CT molecular complexity index is 2340. The van der Waals surface area contributed by atoms with Crippen LogP contribution in [0.4, 0.5) is 5.69 Å². The van der Waals surface area contributed by atoms with Crippen LogP contribution in [0.1, 0.15) is 61.8 Å². The Hall–Kier alpha value is -4.73. The number of ether oxygens (including phenoxy) is 1. The van der Waals surface area contributed by atoms with E-state index in [4.69, 9.17) is 33.0 Å². The van der Waals surface area contributed by atoms with Crippen LogP contribution in [0.3, 0.4) is 0 Å². The van der Waals surface area contributed by atoms with Gasteiger partial charge in [0.1, 0.15) is 11.4 Å². The van der Waals surface area contributed by atoms with Gasteiger partial charge in [0.05, 0.1) is 33.9 Å². The summed E-state index contributed by atoms with van der Waals surface area (Å²) in [4.78, 5) is 28.6.